The number of carbonyl (C=O) groups excluding carboxylic acids is 3. The molecule has 162 valence electrons. The molecule has 1 N–H and O–H groups in total. The Morgan fingerprint density at radius 1 is 1.00 bits per heavy atom. The van der Waals surface area contributed by atoms with Crippen LogP contribution >= 0.6 is 0 Å². The van der Waals surface area contributed by atoms with Crippen molar-refractivity contribution in [3.05, 3.63) is 71.8 Å². The first kappa shape index (κ1) is 21.0. The third kappa shape index (κ3) is 4.15. The van der Waals surface area contributed by atoms with Crippen molar-refractivity contribution in [2.24, 2.45) is 5.10 Å². The summed E-state index contributed by atoms with van der Waals surface area (Å²) in [6.45, 7) is 4.12. The van der Waals surface area contributed by atoms with Crippen molar-refractivity contribution in [2.45, 2.75) is 27.0 Å². The molecule has 1 aliphatic rings. The van der Waals surface area contributed by atoms with Crippen LogP contribution in [0.4, 0.5) is 5.69 Å². The van der Waals surface area contributed by atoms with Crippen LogP contribution in [0.1, 0.15) is 38.1 Å². The zero-order chi connectivity index (χ0) is 22.8. The molecule has 0 bridgehead atoms. The summed E-state index contributed by atoms with van der Waals surface area (Å²) < 4.78 is 11.6. The van der Waals surface area contributed by atoms with E-state index in [9.17, 15) is 14.4 Å². The number of nitrogens with one attached hydrogen (secondary N) is 1. The zero-order valence-electron chi connectivity index (χ0n) is 17.8. The van der Waals surface area contributed by atoms with Gasteiger partial charge in [-0.1, -0.05) is 42.5 Å². The van der Waals surface area contributed by atoms with Crippen molar-refractivity contribution in [3.63, 3.8) is 0 Å². The number of rotatable bonds is 4. The number of hydrogen-bond donors (Lipinski definition) is 1. The second-order valence-corrected chi connectivity index (χ2v) is 7.30. The Labute approximate surface area is 184 Å². The Kier molecular flexibility index (Phi) is 5.59. The number of anilines is 1. The molecule has 3 aromatic rings. The van der Waals surface area contributed by atoms with E-state index in [1.54, 1.807) is 30.3 Å². The van der Waals surface area contributed by atoms with Gasteiger partial charge in [0.2, 0.25) is 23.9 Å². The number of nitrogens with zero attached hydrogens (tertiary/aromatic N) is 2. The number of carbonyl (C=O) groups is 3. The molecule has 0 saturated heterocycles. The van der Waals surface area contributed by atoms with Crippen LogP contribution in [0.25, 0.3) is 10.8 Å². The lowest BCUT2D eigenvalue weighted by molar-refractivity contribution is -0.135. The number of ether oxygens (including phenoxy) is 2. The van der Waals surface area contributed by atoms with Crippen LogP contribution in [0.2, 0.25) is 0 Å². The summed E-state index contributed by atoms with van der Waals surface area (Å²) in [6, 6.07) is 18.0. The van der Waals surface area contributed by atoms with Crippen LogP contribution in [0.5, 0.6) is 5.75 Å². The standard InChI is InChI=1S/C24H21N3O5/c1-14(28)25-19-9-6-8-18(13-19)24-27(15(2)29)26-23(32-24)22-20-10-5-4-7-17(20)11-12-21(22)31-16(3)30/h4-13,24H,1-3H3,(H,25,28). The summed E-state index contributed by atoms with van der Waals surface area (Å²) in [4.78, 5) is 35.5. The number of hydrogen-bond acceptors (Lipinski definition) is 6. The first-order valence-electron chi connectivity index (χ1n) is 9.96. The minimum absolute atomic E-state index is 0.156. The van der Waals surface area contributed by atoms with Crippen molar-refractivity contribution in [1.29, 1.82) is 0 Å². The van der Waals surface area contributed by atoms with Gasteiger partial charge in [0, 0.05) is 32.0 Å². The van der Waals surface area contributed by atoms with Crippen LogP contribution in [0.15, 0.2) is 65.8 Å². The van der Waals surface area contributed by atoms with E-state index < -0.39 is 12.2 Å². The van der Waals surface area contributed by atoms with Crippen molar-refractivity contribution in [2.75, 3.05) is 5.32 Å². The largest absolute Gasteiger partial charge is 0.446 e. The summed E-state index contributed by atoms with van der Waals surface area (Å²) in [5.74, 6) is -0.585. The number of benzene rings is 3. The lowest BCUT2D eigenvalue weighted by atomic mass is 10.0. The summed E-state index contributed by atoms with van der Waals surface area (Å²) in [7, 11) is 0. The molecule has 0 radical (unpaired) electrons. The van der Waals surface area contributed by atoms with Crippen LogP contribution in [-0.4, -0.2) is 28.7 Å². The quantitative estimate of drug-likeness (QED) is 0.498. The average Bonchev–Trinajstić information content (AvgIpc) is 3.18. The van der Waals surface area contributed by atoms with E-state index in [1.807, 2.05) is 30.3 Å². The third-order valence-corrected chi connectivity index (χ3v) is 4.82. The fourth-order valence-electron chi connectivity index (χ4n) is 3.57. The van der Waals surface area contributed by atoms with Gasteiger partial charge in [0.05, 0.1) is 5.56 Å². The van der Waals surface area contributed by atoms with Crippen LogP contribution in [0, 0.1) is 0 Å². The molecule has 0 saturated carbocycles. The maximum Gasteiger partial charge on any atom is 0.308 e. The molecular formula is C24H21N3O5. The van der Waals surface area contributed by atoms with Gasteiger partial charge >= 0.3 is 5.97 Å². The van der Waals surface area contributed by atoms with Gasteiger partial charge in [0.25, 0.3) is 0 Å². The second-order valence-electron chi connectivity index (χ2n) is 7.30. The van der Waals surface area contributed by atoms with Crippen molar-refractivity contribution < 1.29 is 23.9 Å². The van der Waals surface area contributed by atoms with Gasteiger partial charge in [-0.05, 0) is 29.0 Å². The predicted molar refractivity (Wildman–Crippen MR) is 119 cm³/mol. The van der Waals surface area contributed by atoms with E-state index >= 15 is 0 Å². The topological polar surface area (TPSA) is 97.3 Å². The van der Waals surface area contributed by atoms with E-state index in [-0.39, 0.29) is 23.5 Å². The Morgan fingerprint density at radius 2 is 1.78 bits per heavy atom. The average molecular weight is 431 g/mol. The fourth-order valence-corrected chi connectivity index (χ4v) is 3.57. The van der Waals surface area contributed by atoms with E-state index in [4.69, 9.17) is 9.47 Å². The first-order valence-corrected chi connectivity index (χ1v) is 9.96. The molecule has 2 amide bonds. The Hall–Kier alpha value is -4.20. The van der Waals surface area contributed by atoms with E-state index in [2.05, 4.69) is 10.4 Å². The van der Waals surface area contributed by atoms with Crippen LogP contribution < -0.4 is 10.1 Å². The number of fused-ring (bicyclic) bond motifs is 1. The molecular weight excluding hydrogens is 410 g/mol. The highest BCUT2D eigenvalue weighted by atomic mass is 16.5. The Morgan fingerprint density at radius 3 is 2.50 bits per heavy atom. The van der Waals surface area contributed by atoms with Gasteiger partial charge in [-0.3, -0.25) is 14.4 Å². The van der Waals surface area contributed by atoms with Gasteiger partial charge in [-0.15, -0.1) is 5.10 Å². The molecule has 1 aliphatic heterocycles. The molecule has 0 aromatic heterocycles. The van der Waals surface area contributed by atoms with Gasteiger partial charge in [-0.25, -0.2) is 0 Å². The van der Waals surface area contributed by atoms with Gasteiger partial charge in [-0.2, -0.15) is 5.01 Å². The molecule has 0 aliphatic carbocycles. The van der Waals surface area contributed by atoms with E-state index in [0.29, 0.717) is 16.8 Å². The lowest BCUT2D eigenvalue weighted by Gasteiger charge is -2.20. The molecule has 1 unspecified atom stereocenters. The molecule has 8 nitrogen and oxygen atoms in total. The van der Waals surface area contributed by atoms with Crippen molar-refractivity contribution in [3.8, 4) is 5.75 Å². The normalized spacial score (nSPS) is 15.2. The maximum absolute atomic E-state index is 12.4. The molecule has 0 fully saturated rings. The summed E-state index contributed by atoms with van der Waals surface area (Å²) in [6.07, 6.45) is -0.847. The summed E-state index contributed by atoms with van der Waals surface area (Å²) in [5.41, 5.74) is 1.67. The van der Waals surface area contributed by atoms with Gasteiger partial charge < -0.3 is 14.8 Å². The minimum atomic E-state index is -0.847. The maximum atomic E-state index is 12.4. The minimum Gasteiger partial charge on any atom is -0.446 e. The first-order chi connectivity index (χ1) is 15.3. The highest BCUT2D eigenvalue weighted by molar-refractivity contribution is 6.10. The molecule has 1 atom stereocenters. The van der Waals surface area contributed by atoms with Crippen LogP contribution in [-0.2, 0) is 19.1 Å². The van der Waals surface area contributed by atoms with Crippen LogP contribution in [0.3, 0.4) is 0 Å². The highest BCUT2D eigenvalue weighted by Gasteiger charge is 2.35. The van der Waals surface area contributed by atoms with Gasteiger partial charge in [0.1, 0.15) is 5.75 Å². The number of hydrazone groups is 1. The molecule has 4 rings (SSSR count). The SMILES string of the molecule is CC(=O)Nc1cccc(C2OC(c3c(OC(C)=O)ccc4ccccc34)=NN2C(C)=O)c1. The summed E-state index contributed by atoms with van der Waals surface area (Å²) >= 11 is 0. The molecule has 8 heteroatoms. The number of esters is 1. The summed E-state index contributed by atoms with van der Waals surface area (Å²) in [5, 5.41) is 10.0. The fraction of sp³-hybridized carbons (Fsp3) is 0.167. The lowest BCUT2D eigenvalue weighted by Crippen LogP contribution is -2.25. The van der Waals surface area contributed by atoms with Crippen molar-refractivity contribution >= 4 is 40.1 Å². The van der Waals surface area contributed by atoms with Crippen molar-refractivity contribution in [1.82, 2.24) is 5.01 Å². The molecule has 1 heterocycles. The Balaban J connectivity index is 1.80. The molecule has 0 spiro atoms. The molecule has 3 aromatic carbocycles. The molecule has 32 heavy (non-hydrogen) atoms. The second kappa shape index (κ2) is 8.50. The zero-order valence-corrected chi connectivity index (χ0v) is 17.8. The highest BCUT2D eigenvalue weighted by Crippen LogP contribution is 2.36. The van der Waals surface area contributed by atoms with Gasteiger partial charge in [0.15, 0.2) is 0 Å². The van der Waals surface area contributed by atoms with E-state index in [0.717, 1.165) is 10.8 Å². The Bertz CT molecular complexity index is 1270. The predicted octanol–water partition coefficient (Wildman–Crippen LogP) is 3.96. The van der Waals surface area contributed by atoms with E-state index in [1.165, 1.54) is 25.8 Å². The number of amides is 2. The third-order valence-electron chi connectivity index (χ3n) is 4.82. The monoisotopic (exact) mass is 431 g/mol. The smallest absolute Gasteiger partial charge is 0.308 e.